The minimum absolute atomic E-state index is 0.00946. The number of carbonyl (C=O) groups is 1. The van der Waals surface area contributed by atoms with Crippen LogP contribution in [0.3, 0.4) is 0 Å². The van der Waals surface area contributed by atoms with E-state index in [1.54, 1.807) is 19.1 Å². The molecule has 0 saturated carbocycles. The Morgan fingerprint density at radius 1 is 1.25 bits per heavy atom. The summed E-state index contributed by atoms with van der Waals surface area (Å²) in [5.74, 6) is -1.47. The molecule has 166 valence electrons. The molecule has 1 aromatic heterocycles. The summed E-state index contributed by atoms with van der Waals surface area (Å²) in [5, 5.41) is 18.5. The summed E-state index contributed by atoms with van der Waals surface area (Å²) < 4.78 is 37.1. The van der Waals surface area contributed by atoms with E-state index in [-0.39, 0.29) is 38.9 Å². The number of pyridine rings is 1. The normalized spacial score (nSPS) is 10.9. The van der Waals surface area contributed by atoms with E-state index in [1.807, 2.05) is 6.07 Å². The molecular weight excluding hydrogens is 465 g/mol. The Kier molecular flexibility index (Phi) is 7.33. The number of ether oxygens (including phenoxy) is 2. The summed E-state index contributed by atoms with van der Waals surface area (Å²) in [6.07, 6.45) is 0.443. The van der Waals surface area contributed by atoms with E-state index in [4.69, 9.17) is 43.0 Å². The molecule has 1 N–H and O–H groups in total. The van der Waals surface area contributed by atoms with E-state index in [9.17, 15) is 13.6 Å². The number of carboxylic acids is 1. The van der Waals surface area contributed by atoms with Crippen LogP contribution in [0.2, 0.25) is 10.0 Å². The Labute approximate surface area is 191 Å². The van der Waals surface area contributed by atoms with Gasteiger partial charge in [-0.1, -0.05) is 36.2 Å². The van der Waals surface area contributed by atoms with Crippen molar-refractivity contribution in [1.82, 2.24) is 4.98 Å². The second-order valence-corrected chi connectivity index (χ2v) is 7.46. The summed E-state index contributed by atoms with van der Waals surface area (Å²) in [6, 6.07) is 9.45. The molecule has 32 heavy (non-hydrogen) atoms. The summed E-state index contributed by atoms with van der Waals surface area (Å²) in [5.41, 5.74) is 1.85. The summed E-state index contributed by atoms with van der Waals surface area (Å²) in [7, 11) is 0. The lowest BCUT2D eigenvalue weighted by Crippen LogP contribution is -2.12. The van der Waals surface area contributed by atoms with Crippen molar-refractivity contribution in [2.45, 2.75) is 26.4 Å². The third-order valence-electron chi connectivity index (χ3n) is 4.63. The van der Waals surface area contributed by atoms with Crippen molar-refractivity contribution in [3.63, 3.8) is 0 Å². The van der Waals surface area contributed by atoms with Crippen LogP contribution in [-0.2, 0) is 17.6 Å². The zero-order valence-corrected chi connectivity index (χ0v) is 18.2. The minimum Gasteiger partial charge on any atom is -0.481 e. The maximum Gasteiger partial charge on any atom is 0.387 e. The van der Waals surface area contributed by atoms with Crippen LogP contribution in [0.15, 0.2) is 30.3 Å². The Bertz CT molecular complexity index is 1230. The number of fused-ring (bicyclic) bond motifs is 1. The second kappa shape index (κ2) is 9.98. The van der Waals surface area contributed by atoms with Crippen LogP contribution in [-0.4, -0.2) is 29.3 Å². The quantitative estimate of drug-likeness (QED) is 0.448. The van der Waals surface area contributed by atoms with Crippen LogP contribution < -0.4 is 9.47 Å². The number of hydrogen-bond acceptors (Lipinski definition) is 5. The average molecular weight is 481 g/mol. The van der Waals surface area contributed by atoms with E-state index in [1.165, 1.54) is 18.2 Å². The Morgan fingerprint density at radius 2 is 2.00 bits per heavy atom. The topological polar surface area (TPSA) is 92.4 Å². The van der Waals surface area contributed by atoms with Crippen LogP contribution in [0.1, 0.15) is 29.3 Å². The highest BCUT2D eigenvalue weighted by Gasteiger charge is 2.24. The molecule has 3 aromatic rings. The van der Waals surface area contributed by atoms with Crippen molar-refractivity contribution in [1.29, 1.82) is 5.26 Å². The van der Waals surface area contributed by atoms with Gasteiger partial charge in [0.2, 0.25) is 0 Å². The number of benzene rings is 2. The number of carboxylic acid groups (broad SMARTS) is 1. The first-order valence-electron chi connectivity index (χ1n) is 9.37. The van der Waals surface area contributed by atoms with Gasteiger partial charge in [-0.05, 0) is 36.2 Å². The van der Waals surface area contributed by atoms with Gasteiger partial charge < -0.3 is 14.6 Å². The molecule has 6 nitrogen and oxygen atoms in total. The van der Waals surface area contributed by atoms with E-state index in [2.05, 4.69) is 4.98 Å². The molecule has 0 fully saturated rings. The average Bonchev–Trinajstić information content (AvgIpc) is 2.75. The third kappa shape index (κ3) is 5.01. The van der Waals surface area contributed by atoms with Gasteiger partial charge in [0.1, 0.15) is 11.5 Å². The molecule has 0 saturated heterocycles. The fraction of sp³-hybridized carbons (Fsp3) is 0.227. The van der Waals surface area contributed by atoms with Crippen LogP contribution in [0.4, 0.5) is 8.78 Å². The van der Waals surface area contributed by atoms with E-state index in [0.29, 0.717) is 28.8 Å². The first-order chi connectivity index (χ1) is 15.2. The van der Waals surface area contributed by atoms with Crippen molar-refractivity contribution >= 4 is 40.1 Å². The number of nitriles is 1. The maximum absolute atomic E-state index is 13.5. The molecule has 0 unspecified atom stereocenters. The van der Waals surface area contributed by atoms with Crippen LogP contribution >= 0.6 is 23.2 Å². The molecule has 0 aliphatic carbocycles. The molecule has 0 atom stereocenters. The molecule has 0 aliphatic heterocycles. The van der Waals surface area contributed by atoms with E-state index < -0.39 is 19.2 Å². The smallest absolute Gasteiger partial charge is 0.387 e. The Morgan fingerprint density at radius 3 is 2.59 bits per heavy atom. The van der Waals surface area contributed by atoms with Gasteiger partial charge in [-0.25, -0.2) is 4.79 Å². The Hall–Kier alpha value is -3.15. The van der Waals surface area contributed by atoms with E-state index >= 15 is 0 Å². The predicted octanol–water partition coefficient (Wildman–Crippen LogP) is 5.63. The molecule has 0 aliphatic rings. The summed E-state index contributed by atoms with van der Waals surface area (Å²) in [6.45, 7) is -2.08. The van der Waals surface area contributed by atoms with Gasteiger partial charge in [-0.15, -0.1) is 0 Å². The van der Waals surface area contributed by atoms with Crippen molar-refractivity contribution < 1.29 is 28.2 Å². The molecule has 0 radical (unpaired) electrons. The zero-order valence-electron chi connectivity index (χ0n) is 16.7. The summed E-state index contributed by atoms with van der Waals surface area (Å²) in [4.78, 5) is 15.5. The molecule has 3 rings (SSSR count). The van der Waals surface area contributed by atoms with Crippen molar-refractivity contribution in [3.8, 4) is 17.6 Å². The molecule has 0 bridgehead atoms. The SMILES string of the molecule is CCc1nc2c(Cl)ccc(OCC(=O)O)c2c(OC(F)F)c1Cc1ccc(C#N)cc1Cl. The van der Waals surface area contributed by atoms with Gasteiger partial charge >= 0.3 is 12.6 Å². The maximum atomic E-state index is 13.5. The molecule has 10 heteroatoms. The third-order valence-corrected chi connectivity index (χ3v) is 5.29. The first kappa shape index (κ1) is 23.5. The number of halogens is 4. The highest BCUT2D eigenvalue weighted by atomic mass is 35.5. The Balaban J connectivity index is 2.29. The lowest BCUT2D eigenvalue weighted by molar-refractivity contribution is -0.139. The largest absolute Gasteiger partial charge is 0.481 e. The zero-order chi connectivity index (χ0) is 23.4. The molecule has 1 heterocycles. The highest BCUT2D eigenvalue weighted by molar-refractivity contribution is 6.35. The second-order valence-electron chi connectivity index (χ2n) is 6.64. The molecule has 0 amide bonds. The van der Waals surface area contributed by atoms with Gasteiger partial charge in [0.05, 0.1) is 27.6 Å². The number of aliphatic carboxylic acids is 1. The van der Waals surface area contributed by atoms with Gasteiger partial charge in [0.15, 0.2) is 6.61 Å². The highest BCUT2D eigenvalue weighted by Crippen LogP contribution is 2.42. The van der Waals surface area contributed by atoms with E-state index in [0.717, 1.165) is 0 Å². The monoisotopic (exact) mass is 480 g/mol. The standard InChI is InChI=1S/C22H16Cl2F2N2O4/c1-2-16-13(8-12-4-3-11(9-27)7-15(12)24)21(32-22(25)26)19-17(31-10-18(29)30)6-5-14(23)20(19)28-16/h3-7,22H,2,8,10H2,1H3,(H,29,30). The van der Waals surface area contributed by atoms with Crippen molar-refractivity contribution in [2.75, 3.05) is 6.61 Å². The molecule has 0 spiro atoms. The number of hydrogen-bond donors (Lipinski definition) is 1. The van der Waals surface area contributed by atoms with Crippen molar-refractivity contribution in [2.24, 2.45) is 0 Å². The first-order valence-corrected chi connectivity index (χ1v) is 10.1. The number of aryl methyl sites for hydroxylation is 1. The number of aromatic nitrogens is 1. The van der Waals surface area contributed by atoms with Gasteiger partial charge in [-0.2, -0.15) is 14.0 Å². The number of nitrogens with zero attached hydrogens (tertiary/aromatic N) is 2. The predicted molar refractivity (Wildman–Crippen MR) is 115 cm³/mol. The summed E-state index contributed by atoms with van der Waals surface area (Å²) >= 11 is 12.6. The fourth-order valence-corrected chi connectivity index (χ4v) is 3.71. The minimum atomic E-state index is -3.17. The van der Waals surface area contributed by atoms with Gasteiger partial charge in [0, 0.05) is 22.7 Å². The van der Waals surface area contributed by atoms with Crippen LogP contribution in [0.25, 0.3) is 10.9 Å². The lowest BCUT2D eigenvalue weighted by Gasteiger charge is -2.20. The fourth-order valence-electron chi connectivity index (χ4n) is 3.26. The molecular formula is C22H16Cl2F2N2O4. The van der Waals surface area contributed by atoms with Crippen molar-refractivity contribution in [3.05, 3.63) is 62.8 Å². The lowest BCUT2D eigenvalue weighted by atomic mass is 9.97. The number of alkyl halides is 2. The molecule has 2 aromatic carbocycles. The van der Waals surface area contributed by atoms with Gasteiger partial charge in [-0.3, -0.25) is 4.98 Å². The van der Waals surface area contributed by atoms with Crippen LogP contribution in [0, 0.1) is 11.3 Å². The van der Waals surface area contributed by atoms with Gasteiger partial charge in [0.25, 0.3) is 0 Å². The number of rotatable bonds is 8. The van der Waals surface area contributed by atoms with Crippen LogP contribution in [0.5, 0.6) is 11.5 Å².